The maximum Gasteiger partial charge on any atom is 0.292 e. The van der Waals surface area contributed by atoms with Gasteiger partial charge in [-0.15, -0.1) is 0 Å². The summed E-state index contributed by atoms with van der Waals surface area (Å²) in [5.41, 5.74) is 1.31. The molecule has 2 aromatic heterocycles. The third kappa shape index (κ3) is 3.29. The lowest BCUT2D eigenvalue weighted by Gasteiger charge is -2.13. The molecule has 7 nitrogen and oxygen atoms in total. The van der Waals surface area contributed by atoms with Crippen LogP contribution in [0.25, 0.3) is 5.52 Å². The minimum atomic E-state index is -0.456. The minimum Gasteiger partial charge on any atom is -0.495 e. The summed E-state index contributed by atoms with van der Waals surface area (Å²) < 4.78 is 6.89. The quantitative estimate of drug-likeness (QED) is 0.730. The van der Waals surface area contributed by atoms with Crippen molar-refractivity contribution in [3.8, 4) is 5.75 Å². The Balaban J connectivity index is 1.72. The van der Waals surface area contributed by atoms with Crippen molar-refractivity contribution >= 4 is 34.6 Å². The molecule has 1 saturated heterocycles. The third-order valence-electron chi connectivity index (χ3n) is 4.76. The highest BCUT2D eigenvalue weighted by Gasteiger charge is 2.27. The number of aromatic nitrogens is 2. The van der Waals surface area contributed by atoms with E-state index in [9.17, 15) is 9.59 Å². The van der Waals surface area contributed by atoms with E-state index >= 15 is 0 Å². The molecule has 1 N–H and O–H groups in total. The number of ether oxygens (including phenoxy) is 1. The molecule has 0 bridgehead atoms. The number of benzene rings is 1. The Kier molecular flexibility index (Phi) is 4.92. The Morgan fingerprint density at radius 3 is 2.71 bits per heavy atom. The lowest BCUT2D eigenvalue weighted by Crippen LogP contribution is -2.28. The second-order valence-corrected chi connectivity index (χ2v) is 6.97. The number of halogens is 1. The molecule has 1 aliphatic rings. The van der Waals surface area contributed by atoms with Crippen molar-refractivity contribution in [2.24, 2.45) is 0 Å². The number of hydrogen-bond acceptors (Lipinski definition) is 4. The molecule has 0 spiro atoms. The van der Waals surface area contributed by atoms with Crippen LogP contribution < -0.4 is 10.1 Å². The Morgan fingerprint density at radius 1 is 1.18 bits per heavy atom. The van der Waals surface area contributed by atoms with E-state index in [-0.39, 0.29) is 17.4 Å². The van der Waals surface area contributed by atoms with E-state index in [1.165, 1.54) is 7.11 Å². The summed E-state index contributed by atoms with van der Waals surface area (Å²) in [5.74, 6) is -0.00465. The van der Waals surface area contributed by atoms with Crippen molar-refractivity contribution in [1.82, 2.24) is 14.3 Å². The summed E-state index contributed by atoms with van der Waals surface area (Å²) in [6.07, 6.45) is 3.69. The minimum absolute atomic E-state index is 0.125. The van der Waals surface area contributed by atoms with Crippen LogP contribution in [0.2, 0.25) is 5.02 Å². The molecule has 2 amide bonds. The molecular formula is C20H19ClN4O3. The number of amides is 2. The molecule has 1 aliphatic heterocycles. The summed E-state index contributed by atoms with van der Waals surface area (Å²) in [5, 5.41) is 3.24. The summed E-state index contributed by atoms with van der Waals surface area (Å²) in [4.78, 5) is 32.0. The molecule has 8 heteroatoms. The van der Waals surface area contributed by atoms with E-state index in [0.717, 1.165) is 12.8 Å². The number of rotatable bonds is 4. The fraction of sp³-hybridized carbons (Fsp3) is 0.250. The molecule has 0 radical (unpaired) electrons. The SMILES string of the molecule is COc1ccc(Cl)cc1NC(=O)c1nc(C(=O)N2CCCC2)c2ccccn12. The number of nitrogens with zero attached hydrogens (tertiary/aromatic N) is 3. The number of methoxy groups -OCH3 is 1. The van der Waals surface area contributed by atoms with Crippen LogP contribution in [0.5, 0.6) is 5.75 Å². The van der Waals surface area contributed by atoms with Crippen LogP contribution in [-0.2, 0) is 0 Å². The van der Waals surface area contributed by atoms with Crippen molar-refractivity contribution in [2.75, 3.05) is 25.5 Å². The van der Waals surface area contributed by atoms with Gasteiger partial charge in [0.1, 0.15) is 5.75 Å². The monoisotopic (exact) mass is 398 g/mol. The van der Waals surface area contributed by atoms with Gasteiger partial charge >= 0.3 is 0 Å². The molecule has 0 atom stereocenters. The van der Waals surface area contributed by atoms with Crippen LogP contribution in [0, 0.1) is 0 Å². The first kappa shape index (κ1) is 18.3. The molecular weight excluding hydrogens is 380 g/mol. The number of likely N-dealkylation sites (tertiary alicyclic amines) is 1. The first-order chi connectivity index (χ1) is 13.6. The average Bonchev–Trinajstić information content (AvgIpc) is 3.36. The van der Waals surface area contributed by atoms with Crippen molar-refractivity contribution in [2.45, 2.75) is 12.8 Å². The number of pyridine rings is 1. The summed E-state index contributed by atoms with van der Waals surface area (Å²) in [6.45, 7) is 1.43. The topological polar surface area (TPSA) is 75.9 Å². The van der Waals surface area contributed by atoms with Gasteiger partial charge < -0.3 is 15.0 Å². The largest absolute Gasteiger partial charge is 0.495 e. The van der Waals surface area contributed by atoms with E-state index < -0.39 is 5.91 Å². The predicted octanol–water partition coefficient (Wildman–Crippen LogP) is 3.48. The normalized spacial score (nSPS) is 13.7. The fourth-order valence-corrected chi connectivity index (χ4v) is 3.55. The number of anilines is 1. The number of hydrogen-bond donors (Lipinski definition) is 1. The zero-order valence-corrected chi connectivity index (χ0v) is 16.1. The highest BCUT2D eigenvalue weighted by Crippen LogP contribution is 2.28. The highest BCUT2D eigenvalue weighted by atomic mass is 35.5. The van der Waals surface area contributed by atoms with Crippen LogP contribution in [0.1, 0.15) is 33.9 Å². The van der Waals surface area contributed by atoms with Gasteiger partial charge in [0.2, 0.25) is 5.82 Å². The van der Waals surface area contributed by atoms with E-state index in [2.05, 4.69) is 10.3 Å². The molecule has 0 aliphatic carbocycles. The molecule has 28 heavy (non-hydrogen) atoms. The van der Waals surface area contributed by atoms with Gasteiger partial charge in [-0.2, -0.15) is 0 Å². The number of carbonyl (C=O) groups is 2. The Morgan fingerprint density at radius 2 is 1.96 bits per heavy atom. The van der Waals surface area contributed by atoms with Gasteiger partial charge in [0.05, 0.1) is 18.3 Å². The molecule has 3 heterocycles. The van der Waals surface area contributed by atoms with Gasteiger partial charge in [-0.3, -0.25) is 14.0 Å². The maximum absolute atomic E-state index is 12.9. The second kappa shape index (κ2) is 7.52. The van der Waals surface area contributed by atoms with Crippen molar-refractivity contribution in [3.63, 3.8) is 0 Å². The number of nitrogens with one attached hydrogen (secondary N) is 1. The van der Waals surface area contributed by atoms with E-state index in [1.54, 1.807) is 45.8 Å². The van der Waals surface area contributed by atoms with Crippen LogP contribution in [0.3, 0.4) is 0 Å². The lowest BCUT2D eigenvalue weighted by atomic mass is 10.3. The molecule has 0 saturated carbocycles. The second-order valence-electron chi connectivity index (χ2n) is 6.54. The smallest absolute Gasteiger partial charge is 0.292 e. The first-order valence-electron chi connectivity index (χ1n) is 9.00. The van der Waals surface area contributed by atoms with Gasteiger partial charge in [0, 0.05) is 24.3 Å². The van der Waals surface area contributed by atoms with Crippen molar-refractivity contribution in [1.29, 1.82) is 0 Å². The molecule has 4 rings (SSSR count). The van der Waals surface area contributed by atoms with E-state index in [4.69, 9.17) is 16.3 Å². The highest BCUT2D eigenvalue weighted by molar-refractivity contribution is 6.31. The molecule has 1 fully saturated rings. The Hall–Kier alpha value is -3.06. The zero-order chi connectivity index (χ0) is 19.7. The fourth-order valence-electron chi connectivity index (χ4n) is 3.38. The van der Waals surface area contributed by atoms with E-state index in [1.807, 2.05) is 6.07 Å². The van der Waals surface area contributed by atoms with Gasteiger partial charge in [0.25, 0.3) is 11.8 Å². The average molecular weight is 399 g/mol. The van der Waals surface area contributed by atoms with Crippen LogP contribution >= 0.6 is 11.6 Å². The van der Waals surface area contributed by atoms with Crippen LogP contribution in [0.4, 0.5) is 5.69 Å². The van der Waals surface area contributed by atoms with Gasteiger partial charge in [0.15, 0.2) is 5.69 Å². The maximum atomic E-state index is 12.9. The van der Waals surface area contributed by atoms with Crippen molar-refractivity contribution in [3.05, 3.63) is 59.1 Å². The van der Waals surface area contributed by atoms with Crippen molar-refractivity contribution < 1.29 is 14.3 Å². The van der Waals surface area contributed by atoms with Gasteiger partial charge in [-0.1, -0.05) is 17.7 Å². The molecule has 144 valence electrons. The Bertz CT molecular complexity index is 1060. The summed E-state index contributed by atoms with van der Waals surface area (Å²) in [6, 6.07) is 10.3. The predicted molar refractivity (Wildman–Crippen MR) is 106 cm³/mol. The standard InChI is InChI=1S/C20H19ClN4O3/c1-28-16-8-7-13(21)12-14(16)22-19(26)18-23-17(15-6-2-3-11-25(15)18)20(27)24-9-4-5-10-24/h2-3,6-8,11-12H,4-5,9-10H2,1H3,(H,22,26). The Labute approximate surface area is 166 Å². The number of imidazole rings is 1. The third-order valence-corrected chi connectivity index (χ3v) is 4.99. The van der Waals surface area contributed by atoms with E-state index in [0.29, 0.717) is 35.1 Å². The number of carbonyl (C=O) groups excluding carboxylic acids is 2. The lowest BCUT2D eigenvalue weighted by molar-refractivity contribution is 0.0789. The molecule has 0 unspecified atom stereocenters. The zero-order valence-electron chi connectivity index (χ0n) is 15.3. The van der Waals surface area contributed by atoms with Gasteiger partial charge in [-0.05, 0) is 43.2 Å². The van der Waals surface area contributed by atoms with Gasteiger partial charge in [-0.25, -0.2) is 4.98 Å². The molecule has 3 aromatic rings. The van der Waals surface area contributed by atoms with Crippen LogP contribution in [0.15, 0.2) is 42.6 Å². The van der Waals surface area contributed by atoms with Crippen LogP contribution in [-0.4, -0.2) is 46.3 Å². The summed E-state index contributed by atoms with van der Waals surface area (Å²) in [7, 11) is 1.51. The number of fused-ring (bicyclic) bond motifs is 1. The summed E-state index contributed by atoms with van der Waals surface area (Å²) >= 11 is 6.04. The molecule has 1 aromatic carbocycles. The first-order valence-corrected chi connectivity index (χ1v) is 9.37.